The molecule has 1 aromatic carbocycles. The molecular weight excluding hydrogens is 290 g/mol. The highest BCUT2D eigenvalue weighted by Gasteiger charge is 2.13. The normalized spacial score (nSPS) is 11.5. The molecule has 7 heteroatoms. The third-order valence-electron chi connectivity index (χ3n) is 2.85. The SMILES string of the molecule is CCCOc1ccc(S(=O)(=O)NCCc2cnc[nH]2)cc1. The van der Waals surface area contributed by atoms with Crippen molar-refractivity contribution >= 4 is 10.0 Å². The number of H-pyrrole nitrogens is 1. The number of hydrogen-bond donors (Lipinski definition) is 2. The molecule has 2 N–H and O–H groups in total. The predicted molar refractivity (Wildman–Crippen MR) is 79.7 cm³/mol. The molecule has 0 bridgehead atoms. The number of rotatable bonds is 8. The van der Waals surface area contributed by atoms with E-state index in [-0.39, 0.29) is 4.90 Å². The average molecular weight is 309 g/mol. The Morgan fingerprint density at radius 1 is 1.29 bits per heavy atom. The van der Waals surface area contributed by atoms with Gasteiger partial charge in [-0.1, -0.05) is 6.92 Å². The van der Waals surface area contributed by atoms with Crippen LogP contribution in [-0.4, -0.2) is 31.5 Å². The lowest BCUT2D eigenvalue weighted by Gasteiger charge is -2.08. The zero-order valence-corrected chi connectivity index (χ0v) is 12.7. The standard InChI is InChI=1S/C14H19N3O3S/c1-2-9-20-13-3-5-14(6-4-13)21(18,19)17-8-7-12-10-15-11-16-12/h3-6,10-11,17H,2,7-9H2,1H3,(H,15,16). The lowest BCUT2D eigenvalue weighted by Crippen LogP contribution is -2.26. The Morgan fingerprint density at radius 2 is 2.05 bits per heavy atom. The van der Waals surface area contributed by atoms with E-state index in [0.29, 0.717) is 25.3 Å². The minimum atomic E-state index is -3.49. The van der Waals surface area contributed by atoms with E-state index in [0.717, 1.165) is 12.1 Å². The number of aromatic nitrogens is 2. The second-order valence-electron chi connectivity index (χ2n) is 4.54. The summed E-state index contributed by atoms with van der Waals surface area (Å²) >= 11 is 0. The van der Waals surface area contributed by atoms with Gasteiger partial charge in [0.2, 0.25) is 10.0 Å². The van der Waals surface area contributed by atoms with Crippen LogP contribution in [0.4, 0.5) is 0 Å². The van der Waals surface area contributed by atoms with Crippen LogP contribution >= 0.6 is 0 Å². The fourth-order valence-corrected chi connectivity index (χ4v) is 2.79. The smallest absolute Gasteiger partial charge is 0.240 e. The third kappa shape index (κ3) is 4.57. The van der Waals surface area contributed by atoms with E-state index < -0.39 is 10.0 Å². The Morgan fingerprint density at radius 3 is 2.67 bits per heavy atom. The van der Waals surface area contributed by atoms with Gasteiger partial charge in [0, 0.05) is 24.9 Å². The second kappa shape index (κ2) is 7.24. The number of aromatic amines is 1. The van der Waals surface area contributed by atoms with Crippen molar-refractivity contribution in [2.24, 2.45) is 0 Å². The lowest BCUT2D eigenvalue weighted by atomic mass is 10.3. The molecule has 2 rings (SSSR count). The highest BCUT2D eigenvalue weighted by atomic mass is 32.2. The molecule has 0 radical (unpaired) electrons. The third-order valence-corrected chi connectivity index (χ3v) is 4.33. The number of benzene rings is 1. The molecule has 0 fully saturated rings. The summed E-state index contributed by atoms with van der Waals surface area (Å²) in [6, 6.07) is 6.42. The Bertz CT molecular complexity index is 637. The highest BCUT2D eigenvalue weighted by molar-refractivity contribution is 7.89. The molecule has 2 aromatic rings. The average Bonchev–Trinajstić information content (AvgIpc) is 2.98. The zero-order valence-electron chi connectivity index (χ0n) is 11.9. The van der Waals surface area contributed by atoms with Gasteiger partial charge in [-0.25, -0.2) is 18.1 Å². The first kappa shape index (κ1) is 15.5. The van der Waals surface area contributed by atoms with Crippen molar-refractivity contribution in [3.8, 4) is 5.75 Å². The van der Waals surface area contributed by atoms with Crippen LogP contribution in [0.15, 0.2) is 41.7 Å². The Labute approximate surface area is 124 Å². The van der Waals surface area contributed by atoms with Crippen molar-refractivity contribution < 1.29 is 13.2 Å². The Hall–Kier alpha value is -1.86. The molecule has 1 aromatic heterocycles. The maximum absolute atomic E-state index is 12.1. The second-order valence-corrected chi connectivity index (χ2v) is 6.31. The van der Waals surface area contributed by atoms with Gasteiger partial charge in [-0.2, -0.15) is 0 Å². The molecule has 0 spiro atoms. The monoisotopic (exact) mass is 309 g/mol. The van der Waals surface area contributed by atoms with Crippen molar-refractivity contribution in [3.05, 3.63) is 42.5 Å². The van der Waals surface area contributed by atoms with E-state index in [1.54, 1.807) is 36.8 Å². The summed E-state index contributed by atoms with van der Waals surface area (Å²) in [6.45, 7) is 2.95. The van der Waals surface area contributed by atoms with Gasteiger partial charge in [-0.05, 0) is 30.7 Å². The first-order valence-electron chi connectivity index (χ1n) is 6.81. The van der Waals surface area contributed by atoms with Crippen LogP contribution in [0.3, 0.4) is 0 Å². The van der Waals surface area contributed by atoms with Gasteiger partial charge in [0.15, 0.2) is 0 Å². The van der Waals surface area contributed by atoms with E-state index >= 15 is 0 Å². The van der Waals surface area contributed by atoms with Crippen LogP contribution in [0.5, 0.6) is 5.75 Å². The summed E-state index contributed by atoms with van der Waals surface area (Å²) in [5.41, 5.74) is 0.890. The number of nitrogens with zero attached hydrogens (tertiary/aromatic N) is 1. The van der Waals surface area contributed by atoms with E-state index in [1.165, 1.54) is 0 Å². The number of ether oxygens (including phenoxy) is 1. The first-order valence-corrected chi connectivity index (χ1v) is 8.30. The van der Waals surface area contributed by atoms with Gasteiger partial charge in [0.1, 0.15) is 5.75 Å². The van der Waals surface area contributed by atoms with E-state index in [1.807, 2.05) is 6.92 Å². The summed E-state index contributed by atoms with van der Waals surface area (Å²) in [5.74, 6) is 0.674. The van der Waals surface area contributed by atoms with Gasteiger partial charge >= 0.3 is 0 Å². The van der Waals surface area contributed by atoms with Crippen molar-refractivity contribution in [1.29, 1.82) is 0 Å². The molecule has 6 nitrogen and oxygen atoms in total. The Kier molecular flexibility index (Phi) is 5.35. The van der Waals surface area contributed by atoms with Crippen LogP contribution in [-0.2, 0) is 16.4 Å². The number of hydrogen-bond acceptors (Lipinski definition) is 4. The first-order chi connectivity index (χ1) is 10.1. The molecule has 0 aliphatic carbocycles. The predicted octanol–water partition coefficient (Wildman–Crippen LogP) is 1.72. The molecule has 114 valence electrons. The molecular formula is C14H19N3O3S. The Balaban J connectivity index is 1.92. The van der Waals surface area contributed by atoms with Gasteiger partial charge < -0.3 is 9.72 Å². The number of sulfonamides is 1. The summed E-state index contributed by atoms with van der Waals surface area (Å²) < 4.78 is 32.2. The van der Waals surface area contributed by atoms with Crippen LogP contribution in [0.2, 0.25) is 0 Å². The van der Waals surface area contributed by atoms with Crippen LogP contribution in [0, 0.1) is 0 Å². The minimum absolute atomic E-state index is 0.232. The van der Waals surface area contributed by atoms with Crippen molar-refractivity contribution in [1.82, 2.24) is 14.7 Å². The topological polar surface area (TPSA) is 84.1 Å². The fraction of sp³-hybridized carbons (Fsp3) is 0.357. The molecule has 0 saturated carbocycles. The summed E-state index contributed by atoms with van der Waals surface area (Å²) in [6.07, 6.45) is 4.72. The van der Waals surface area contributed by atoms with Gasteiger partial charge in [0.25, 0.3) is 0 Å². The van der Waals surface area contributed by atoms with Crippen LogP contribution in [0.1, 0.15) is 19.0 Å². The van der Waals surface area contributed by atoms with Crippen molar-refractivity contribution in [3.63, 3.8) is 0 Å². The largest absolute Gasteiger partial charge is 0.494 e. The van der Waals surface area contributed by atoms with E-state index in [4.69, 9.17) is 4.74 Å². The highest BCUT2D eigenvalue weighted by Crippen LogP contribution is 2.16. The molecule has 0 unspecified atom stereocenters. The maximum atomic E-state index is 12.1. The molecule has 0 atom stereocenters. The number of imidazole rings is 1. The number of nitrogens with one attached hydrogen (secondary N) is 2. The van der Waals surface area contributed by atoms with Gasteiger partial charge in [0.05, 0.1) is 17.8 Å². The molecule has 0 aliphatic heterocycles. The summed E-state index contributed by atoms with van der Waals surface area (Å²) in [7, 11) is -3.49. The van der Waals surface area contributed by atoms with Gasteiger partial charge in [-0.3, -0.25) is 0 Å². The van der Waals surface area contributed by atoms with Gasteiger partial charge in [-0.15, -0.1) is 0 Å². The quantitative estimate of drug-likeness (QED) is 0.777. The minimum Gasteiger partial charge on any atom is -0.494 e. The van der Waals surface area contributed by atoms with Crippen LogP contribution in [0.25, 0.3) is 0 Å². The molecule has 0 amide bonds. The summed E-state index contributed by atoms with van der Waals surface area (Å²) in [4.78, 5) is 7.04. The van der Waals surface area contributed by atoms with Crippen molar-refractivity contribution in [2.45, 2.75) is 24.7 Å². The molecule has 21 heavy (non-hydrogen) atoms. The zero-order chi connectivity index (χ0) is 15.1. The lowest BCUT2D eigenvalue weighted by molar-refractivity contribution is 0.317. The molecule has 1 heterocycles. The molecule has 0 saturated heterocycles. The maximum Gasteiger partial charge on any atom is 0.240 e. The van der Waals surface area contributed by atoms with E-state index in [2.05, 4.69) is 14.7 Å². The van der Waals surface area contributed by atoms with E-state index in [9.17, 15) is 8.42 Å². The summed E-state index contributed by atoms with van der Waals surface area (Å²) in [5, 5.41) is 0. The fourth-order valence-electron chi connectivity index (χ4n) is 1.76. The molecule has 0 aliphatic rings. The van der Waals surface area contributed by atoms with Crippen LogP contribution < -0.4 is 9.46 Å². The van der Waals surface area contributed by atoms with Crippen molar-refractivity contribution in [2.75, 3.05) is 13.2 Å².